The summed E-state index contributed by atoms with van der Waals surface area (Å²) in [4.78, 5) is 0. The van der Waals surface area contributed by atoms with Gasteiger partial charge in [-0.25, -0.2) is 22.0 Å². The Morgan fingerprint density at radius 2 is 1.28 bits per heavy atom. The third-order valence-electron chi connectivity index (χ3n) is 7.91. The van der Waals surface area contributed by atoms with Crippen LogP contribution >= 0.6 is 0 Å². The van der Waals surface area contributed by atoms with Crippen LogP contribution in [0.3, 0.4) is 0 Å². The first-order valence-electron chi connectivity index (χ1n) is 14.0. The smallest absolute Gasteiger partial charge is 0.424 e. The molecule has 3 aromatic rings. The fourth-order valence-electron chi connectivity index (χ4n) is 5.66. The van der Waals surface area contributed by atoms with Gasteiger partial charge in [-0.1, -0.05) is 44.0 Å². The molecule has 0 radical (unpaired) electrons. The quantitative estimate of drug-likeness (QED) is 0.205. The maximum Gasteiger partial charge on any atom is 0.439 e. The highest BCUT2D eigenvalue weighted by Crippen LogP contribution is 2.40. The lowest BCUT2D eigenvalue weighted by Crippen LogP contribution is -2.46. The molecular weight excluding hydrogens is 590 g/mol. The van der Waals surface area contributed by atoms with Crippen molar-refractivity contribution in [3.8, 4) is 16.9 Å². The molecule has 11 heteroatoms. The molecule has 0 N–H and O–H groups in total. The van der Waals surface area contributed by atoms with Gasteiger partial charge in [0.15, 0.2) is 17.4 Å². The van der Waals surface area contributed by atoms with E-state index in [2.05, 4.69) is 23.8 Å². The van der Waals surface area contributed by atoms with Crippen LogP contribution in [0.2, 0.25) is 0 Å². The number of halogens is 10. The average molecular weight is 621 g/mol. The minimum Gasteiger partial charge on any atom is -0.424 e. The van der Waals surface area contributed by atoms with Crippen LogP contribution in [0.5, 0.6) is 5.75 Å². The molecule has 0 bridgehead atoms. The molecule has 1 saturated carbocycles. The van der Waals surface area contributed by atoms with Gasteiger partial charge in [-0.15, -0.1) is 0 Å². The third kappa shape index (κ3) is 7.84. The molecule has 0 saturated heterocycles. The average Bonchev–Trinajstić information content (AvgIpc) is 2.93. The molecule has 234 valence electrons. The lowest BCUT2D eigenvalue weighted by Gasteiger charge is -2.28. The zero-order valence-corrected chi connectivity index (χ0v) is 23.2. The van der Waals surface area contributed by atoms with E-state index >= 15 is 0 Å². The summed E-state index contributed by atoms with van der Waals surface area (Å²) in [6, 6.07) is 10.4. The zero-order chi connectivity index (χ0) is 31.5. The Hall–Kier alpha value is -3.24. The topological polar surface area (TPSA) is 9.23 Å². The Balaban J connectivity index is 1.43. The molecule has 1 nitrogen and oxygen atoms in total. The van der Waals surface area contributed by atoms with E-state index < -0.39 is 58.6 Å². The van der Waals surface area contributed by atoms with Crippen molar-refractivity contribution in [2.45, 2.75) is 82.7 Å². The summed E-state index contributed by atoms with van der Waals surface area (Å²) in [5, 5.41) is 0. The van der Waals surface area contributed by atoms with Crippen molar-refractivity contribution in [3.63, 3.8) is 0 Å². The van der Waals surface area contributed by atoms with Crippen LogP contribution < -0.4 is 4.74 Å². The lowest BCUT2D eigenvalue weighted by atomic mass is 9.77. The van der Waals surface area contributed by atoms with E-state index in [0.29, 0.717) is 12.3 Å². The van der Waals surface area contributed by atoms with Gasteiger partial charge in [0.25, 0.3) is 6.17 Å². The first-order valence-corrected chi connectivity index (χ1v) is 14.0. The van der Waals surface area contributed by atoms with Gasteiger partial charge in [-0.3, -0.25) is 0 Å². The first kappa shape index (κ1) is 32.7. The van der Waals surface area contributed by atoms with E-state index in [-0.39, 0.29) is 24.1 Å². The van der Waals surface area contributed by atoms with Crippen LogP contribution in [0.4, 0.5) is 43.9 Å². The van der Waals surface area contributed by atoms with E-state index in [1.807, 2.05) is 12.1 Å². The largest absolute Gasteiger partial charge is 0.439 e. The monoisotopic (exact) mass is 620 g/mol. The van der Waals surface area contributed by atoms with E-state index in [1.54, 1.807) is 0 Å². The highest BCUT2D eigenvalue weighted by Gasteiger charge is 2.59. The summed E-state index contributed by atoms with van der Waals surface area (Å²) >= 11 is 0. The number of benzene rings is 3. The van der Waals surface area contributed by atoms with Crippen molar-refractivity contribution in [1.29, 1.82) is 0 Å². The Morgan fingerprint density at radius 1 is 0.744 bits per heavy atom. The molecule has 4 rings (SSSR count). The fourth-order valence-corrected chi connectivity index (χ4v) is 5.66. The van der Waals surface area contributed by atoms with Gasteiger partial charge in [-0.2, -0.15) is 22.0 Å². The second-order valence-electron chi connectivity index (χ2n) is 11.0. The van der Waals surface area contributed by atoms with Gasteiger partial charge < -0.3 is 4.74 Å². The molecule has 1 aliphatic carbocycles. The number of aryl methyl sites for hydroxylation is 2. The second kappa shape index (κ2) is 13.2. The lowest BCUT2D eigenvalue weighted by molar-refractivity contribution is -0.306. The molecular formula is C32H30F10O. The predicted molar refractivity (Wildman–Crippen MR) is 142 cm³/mol. The van der Waals surface area contributed by atoms with E-state index in [4.69, 9.17) is 0 Å². The van der Waals surface area contributed by atoms with E-state index in [0.717, 1.165) is 36.5 Å². The van der Waals surface area contributed by atoms with Gasteiger partial charge in [-0.05, 0) is 96.9 Å². The number of rotatable bonds is 10. The molecule has 0 aromatic heterocycles. The van der Waals surface area contributed by atoms with E-state index in [1.165, 1.54) is 31.2 Å². The standard InChI is InChI=1S/C32H30F10O/c1-2-3-18-6-10-21(11-7-18)22-12-8-19(9-13-22)4-5-20-14-24(33)28(25(34)15-20)23-16-26(35)29(27(36)17-23)43-32(41,42)30(37)31(38,39)40/h8-9,12-18,21,30H,2-7,10-11H2,1H3. The maximum atomic E-state index is 14.9. The predicted octanol–water partition coefficient (Wildman–Crippen LogP) is 10.6. The summed E-state index contributed by atoms with van der Waals surface area (Å²) in [7, 11) is 0. The van der Waals surface area contributed by atoms with E-state index in [9.17, 15) is 43.9 Å². The van der Waals surface area contributed by atoms with Crippen LogP contribution in [0.1, 0.15) is 68.1 Å². The highest BCUT2D eigenvalue weighted by molar-refractivity contribution is 5.66. The summed E-state index contributed by atoms with van der Waals surface area (Å²) in [5.41, 5.74) is 0.810. The maximum absolute atomic E-state index is 14.9. The fraction of sp³-hybridized carbons (Fsp3) is 0.438. The Bertz CT molecular complexity index is 1350. The summed E-state index contributed by atoms with van der Waals surface area (Å²) in [6.07, 6.45) is -8.72. The number of hydrogen-bond donors (Lipinski definition) is 0. The van der Waals surface area contributed by atoms with Crippen molar-refractivity contribution in [1.82, 2.24) is 0 Å². The van der Waals surface area contributed by atoms with Crippen molar-refractivity contribution >= 4 is 0 Å². The SMILES string of the molecule is CCCC1CCC(c2ccc(CCc3cc(F)c(-c4cc(F)c(OC(F)(F)C(F)C(F)(F)F)c(F)c4)c(F)c3)cc2)CC1. The molecule has 43 heavy (non-hydrogen) atoms. The van der Waals surface area contributed by atoms with Crippen LogP contribution in [0, 0.1) is 29.2 Å². The van der Waals surface area contributed by atoms with Gasteiger partial charge in [0, 0.05) is 0 Å². The van der Waals surface area contributed by atoms with Crippen molar-refractivity contribution in [2.24, 2.45) is 5.92 Å². The van der Waals surface area contributed by atoms with Gasteiger partial charge in [0.2, 0.25) is 0 Å². The van der Waals surface area contributed by atoms with Gasteiger partial charge >= 0.3 is 12.3 Å². The Morgan fingerprint density at radius 3 is 1.79 bits per heavy atom. The second-order valence-corrected chi connectivity index (χ2v) is 11.0. The Kier molecular flexibility index (Phi) is 10.0. The minimum atomic E-state index is -6.08. The molecule has 0 heterocycles. The third-order valence-corrected chi connectivity index (χ3v) is 7.91. The van der Waals surface area contributed by atoms with Crippen molar-refractivity contribution < 1.29 is 48.6 Å². The highest BCUT2D eigenvalue weighted by atomic mass is 19.4. The van der Waals surface area contributed by atoms with Gasteiger partial charge in [0.1, 0.15) is 11.6 Å². The number of ether oxygens (including phenoxy) is 1. The summed E-state index contributed by atoms with van der Waals surface area (Å²) < 4.78 is 139. The Labute approximate surface area is 242 Å². The number of alkyl halides is 6. The summed E-state index contributed by atoms with van der Waals surface area (Å²) in [6.45, 7) is 2.20. The molecule has 3 aromatic carbocycles. The van der Waals surface area contributed by atoms with Crippen LogP contribution in [0.15, 0.2) is 48.5 Å². The van der Waals surface area contributed by atoms with Crippen molar-refractivity contribution in [3.05, 3.63) is 88.5 Å². The normalized spacial score (nSPS) is 18.5. The first-order chi connectivity index (χ1) is 20.2. The zero-order valence-electron chi connectivity index (χ0n) is 23.2. The molecule has 0 aliphatic heterocycles. The number of hydrogen-bond acceptors (Lipinski definition) is 1. The van der Waals surface area contributed by atoms with Crippen LogP contribution in [-0.2, 0) is 12.8 Å². The molecule has 0 amide bonds. The molecule has 1 aliphatic rings. The van der Waals surface area contributed by atoms with Crippen LogP contribution in [-0.4, -0.2) is 18.5 Å². The molecule has 1 fully saturated rings. The minimum absolute atomic E-state index is 0.203. The van der Waals surface area contributed by atoms with Crippen LogP contribution in [0.25, 0.3) is 11.1 Å². The summed E-state index contributed by atoms with van der Waals surface area (Å²) in [5.74, 6) is -7.15. The van der Waals surface area contributed by atoms with Gasteiger partial charge in [0.05, 0.1) is 5.56 Å². The molecule has 1 unspecified atom stereocenters. The van der Waals surface area contributed by atoms with Crippen molar-refractivity contribution in [2.75, 3.05) is 0 Å². The molecule has 1 atom stereocenters. The molecule has 0 spiro atoms.